The third kappa shape index (κ3) is 9.48. The first-order chi connectivity index (χ1) is 18.7. The fourth-order valence-corrected chi connectivity index (χ4v) is 3.81. The summed E-state index contributed by atoms with van der Waals surface area (Å²) in [5.74, 6) is -0.618. The van der Waals surface area contributed by atoms with Crippen molar-refractivity contribution in [1.82, 2.24) is 5.32 Å². The lowest BCUT2D eigenvalue weighted by Gasteiger charge is -2.11. The van der Waals surface area contributed by atoms with E-state index in [4.69, 9.17) is 9.84 Å². The molecule has 5 nitrogen and oxygen atoms in total. The maximum Gasteiger partial charge on any atom is 0.416 e. The van der Waals surface area contributed by atoms with Crippen LogP contribution in [0.1, 0.15) is 40.7 Å². The number of aryl methyl sites for hydroxylation is 1. The molecule has 0 atom stereocenters. The lowest BCUT2D eigenvalue weighted by atomic mass is 10.0. The van der Waals surface area contributed by atoms with E-state index in [-0.39, 0.29) is 18.9 Å². The van der Waals surface area contributed by atoms with E-state index < -0.39 is 17.7 Å². The summed E-state index contributed by atoms with van der Waals surface area (Å²) in [6.07, 6.45) is 1.62. The Balaban J connectivity index is 1.50. The summed E-state index contributed by atoms with van der Waals surface area (Å²) in [7, 11) is 0. The lowest BCUT2D eigenvalue weighted by molar-refractivity contribution is -0.138. The van der Waals surface area contributed by atoms with Gasteiger partial charge in [0.25, 0.3) is 5.91 Å². The van der Waals surface area contributed by atoms with Crippen LogP contribution in [0, 0.1) is 0 Å². The second-order valence-electron chi connectivity index (χ2n) is 8.88. The fourth-order valence-electron chi connectivity index (χ4n) is 3.81. The number of alkyl halides is 3. The molecule has 3 aromatic rings. The normalized spacial score (nSPS) is 11.6. The van der Waals surface area contributed by atoms with Gasteiger partial charge in [-0.2, -0.15) is 13.2 Å². The van der Waals surface area contributed by atoms with Gasteiger partial charge in [-0.05, 0) is 77.9 Å². The largest absolute Gasteiger partial charge is 0.489 e. The van der Waals surface area contributed by atoms with Crippen LogP contribution in [-0.4, -0.2) is 30.1 Å². The Kier molecular flexibility index (Phi) is 10.5. The third-order valence-electron chi connectivity index (χ3n) is 5.94. The summed E-state index contributed by atoms with van der Waals surface area (Å²) in [6, 6.07) is 19.4. The van der Waals surface area contributed by atoms with E-state index in [1.165, 1.54) is 12.1 Å². The first kappa shape index (κ1) is 29.2. The van der Waals surface area contributed by atoms with Crippen molar-refractivity contribution in [3.63, 3.8) is 0 Å². The number of carboxylic acids is 1. The quantitative estimate of drug-likeness (QED) is 0.228. The second kappa shape index (κ2) is 14.0. The molecule has 0 saturated carbocycles. The van der Waals surface area contributed by atoms with Gasteiger partial charge in [0.05, 0.1) is 12.0 Å². The number of carbonyl (C=O) groups is 2. The Labute approximate surface area is 225 Å². The summed E-state index contributed by atoms with van der Waals surface area (Å²) >= 11 is 0. The molecule has 0 unspecified atom stereocenters. The van der Waals surface area contributed by atoms with Crippen LogP contribution in [-0.2, 0) is 17.4 Å². The Hall–Kier alpha value is -4.33. The number of benzene rings is 3. The maximum absolute atomic E-state index is 12.8. The Morgan fingerprint density at radius 3 is 2.10 bits per heavy atom. The highest BCUT2D eigenvalue weighted by Gasteiger charge is 2.29. The van der Waals surface area contributed by atoms with E-state index >= 15 is 0 Å². The van der Waals surface area contributed by atoms with Crippen molar-refractivity contribution >= 4 is 11.9 Å². The Morgan fingerprint density at radius 2 is 1.54 bits per heavy atom. The van der Waals surface area contributed by atoms with Crippen LogP contribution in [0.4, 0.5) is 13.2 Å². The molecular weight excluding hydrogens is 507 g/mol. The van der Waals surface area contributed by atoms with Crippen LogP contribution in [0.3, 0.4) is 0 Å². The molecule has 0 aromatic heterocycles. The highest BCUT2D eigenvalue weighted by Crippen LogP contribution is 2.31. The zero-order valence-corrected chi connectivity index (χ0v) is 21.3. The van der Waals surface area contributed by atoms with Gasteiger partial charge in [0.2, 0.25) is 0 Å². The fraction of sp³-hybridized carbons (Fsp3) is 0.226. The average molecular weight is 538 g/mol. The second-order valence-corrected chi connectivity index (χ2v) is 8.88. The van der Waals surface area contributed by atoms with Crippen LogP contribution < -0.4 is 10.1 Å². The van der Waals surface area contributed by atoms with Crippen molar-refractivity contribution in [3.8, 4) is 16.9 Å². The van der Waals surface area contributed by atoms with Crippen LogP contribution in [0.5, 0.6) is 5.75 Å². The zero-order valence-electron chi connectivity index (χ0n) is 21.3. The van der Waals surface area contributed by atoms with Crippen molar-refractivity contribution in [1.29, 1.82) is 0 Å². The molecule has 0 saturated heterocycles. The topological polar surface area (TPSA) is 75.6 Å². The van der Waals surface area contributed by atoms with E-state index in [2.05, 4.69) is 18.0 Å². The van der Waals surface area contributed by atoms with Crippen molar-refractivity contribution in [2.75, 3.05) is 13.2 Å². The molecule has 3 rings (SSSR count). The van der Waals surface area contributed by atoms with E-state index in [1.807, 2.05) is 24.3 Å². The summed E-state index contributed by atoms with van der Waals surface area (Å²) < 4.78 is 44.3. The van der Waals surface area contributed by atoms with E-state index in [9.17, 15) is 22.8 Å². The first-order valence-corrected chi connectivity index (χ1v) is 12.4. The minimum Gasteiger partial charge on any atom is -0.489 e. The standard InChI is InChI=1S/C31H30F3NO4/c1-2-4-23(6-3-5-22-7-9-26(10-8-22)30(38)35-20-19-29(36)37)21-39-28-17-13-25(14-18-28)24-11-15-27(16-12-24)31(32,33)34/h2,6-18H,1,3-5,19-21H2,(H,35,38)(H,36,37). The summed E-state index contributed by atoms with van der Waals surface area (Å²) in [5, 5.41) is 11.2. The molecule has 0 spiro atoms. The van der Waals surface area contributed by atoms with Crippen molar-refractivity contribution in [2.45, 2.75) is 31.9 Å². The van der Waals surface area contributed by atoms with E-state index in [0.29, 0.717) is 29.9 Å². The van der Waals surface area contributed by atoms with Crippen LogP contribution in [0.15, 0.2) is 97.1 Å². The molecule has 39 heavy (non-hydrogen) atoms. The Bertz CT molecular complexity index is 1280. The predicted octanol–water partition coefficient (Wildman–Crippen LogP) is 7.09. The van der Waals surface area contributed by atoms with Gasteiger partial charge in [0, 0.05) is 12.1 Å². The van der Waals surface area contributed by atoms with Gasteiger partial charge in [-0.25, -0.2) is 0 Å². The molecule has 0 aliphatic rings. The average Bonchev–Trinajstić information content (AvgIpc) is 2.92. The molecule has 0 radical (unpaired) electrons. The number of nitrogens with one attached hydrogen (secondary N) is 1. The molecule has 0 bridgehead atoms. The summed E-state index contributed by atoms with van der Waals surface area (Å²) in [6.45, 7) is 4.27. The summed E-state index contributed by atoms with van der Waals surface area (Å²) in [4.78, 5) is 22.6. The molecular formula is C31H30F3NO4. The molecule has 1 amide bonds. The number of hydrogen-bond acceptors (Lipinski definition) is 3. The lowest BCUT2D eigenvalue weighted by Crippen LogP contribution is -2.25. The van der Waals surface area contributed by atoms with Crippen molar-refractivity contribution < 1.29 is 32.6 Å². The van der Waals surface area contributed by atoms with Gasteiger partial charge in [-0.1, -0.05) is 48.6 Å². The number of aliphatic carboxylic acids is 1. The first-order valence-electron chi connectivity index (χ1n) is 12.4. The van der Waals surface area contributed by atoms with Crippen LogP contribution in [0.2, 0.25) is 0 Å². The minimum atomic E-state index is -4.36. The van der Waals surface area contributed by atoms with Gasteiger partial charge in [0.15, 0.2) is 0 Å². The zero-order chi connectivity index (χ0) is 28.3. The monoisotopic (exact) mass is 537 g/mol. The van der Waals surface area contributed by atoms with Gasteiger partial charge >= 0.3 is 12.1 Å². The van der Waals surface area contributed by atoms with Crippen LogP contribution >= 0.6 is 0 Å². The molecule has 2 N–H and O–H groups in total. The number of halogens is 3. The van der Waals surface area contributed by atoms with Gasteiger partial charge in [-0.3, -0.25) is 9.59 Å². The molecule has 0 heterocycles. The van der Waals surface area contributed by atoms with E-state index in [1.54, 1.807) is 30.3 Å². The predicted molar refractivity (Wildman–Crippen MR) is 145 cm³/mol. The number of carbonyl (C=O) groups excluding carboxylic acids is 1. The number of amides is 1. The molecule has 0 aliphatic carbocycles. The minimum absolute atomic E-state index is 0.0815. The highest BCUT2D eigenvalue weighted by molar-refractivity contribution is 5.94. The van der Waals surface area contributed by atoms with Gasteiger partial charge in [-0.15, -0.1) is 6.58 Å². The molecule has 0 aliphatic heterocycles. The maximum atomic E-state index is 12.8. The smallest absolute Gasteiger partial charge is 0.416 e. The number of carboxylic acid groups (broad SMARTS) is 1. The number of allylic oxidation sites excluding steroid dienone is 2. The highest BCUT2D eigenvalue weighted by atomic mass is 19.4. The van der Waals surface area contributed by atoms with Crippen molar-refractivity contribution in [3.05, 3.63) is 114 Å². The van der Waals surface area contributed by atoms with Gasteiger partial charge < -0.3 is 15.2 Å². The van der Waals surface area contributed by atoms with E-state index in [0.717, 1.165) is 41.7 Å². The van der Waals surface area contributed by atoms with Crippen LogP contribution in [0.25, 0.3) is 11.1 Å². The molecule has 8 heteroatoms. The molecule has 3 aromatic carbocycles. The molecule has 0 fully saturated rings. The van der Waals surface area contributed by atoms with Crippen molar-refractivity contribution in [2.24, 2.45) is 0 Å². The number of rotatable bonds is 13. The Morgan fingerprint density at radius 1 is 0.923 bits per heavy atom. The third-order valence-corrected chi connectivity index (χ3v) is 5.94. The number of ether oxygens (including phenoxy) is 1. The SMILES string of the molecule is C=CCC(=CCCc1ccc(C(=O)NCCC(=O)O)cc1)COc1ccc(-c2ccc(C(F)(F)F)cc2)cc1. The number of hydrogen-bond donors (Lipinski definition) is 2. The van der Waals surface area contributed by atoms with Gasteiger partial charge in [0.1, 0.15) is 12.4 Å². The summed E-state index contributed by atoms with van der Waals surface area (Å²) in [5.41, 5.74) is 3.40. The molecule has 204 valence electrons.